The zero-order valence-corrected chi connectivity index (χ0v) is 12.9. The van der Waals surface area contributed by atoms with Crippen molar-refractivity contribution < 1.29 is 9.53 Å². The number of rotatable bonds is 3. The Bertz CT molecular complexity index is 447. The van der Waals surface area contributed by atoms with Gasteiger partial charge in [0, 0.05) is 16.2 Å². The highest BCUT2D eigenvalue weighted by atomic mass is 127. The summed E-state index contributed by atoms with van der Waals surface area (Å²) in [6.07, 6.45) is 2.49. The number of anilines is 1. The van der Waals surface area contributed by atoms with Crippen LogP contribution < -0.4 is 4.90 Å². The lowest BCUT2D eigenvalue weighted by molar-refractivity contribution is 0.0526. The third-order valence-electron chi connectivity index (χ3n) is 3.32. The number of hydrogen-bond acceptors (Lipinski definition) is 3. The van der Waals surface area contributed by atoms with Crippen LogP contribution in [0.25, 0.3) is 0 Å². The van der Waals surface area contributed by atoms with Gasteiger partial charge in [0.2, 0.25) is 0 Å². The summed E-state index contributed by atoms with van der Waals surface area (Å²) < 4.78 is 6.13. The fraction of sp³-hybridized carbons (Fsp3) is 0.500. The van der Waals surface area contributed by atoms with Crippen molar-refractivity contribution in [2.75, 3.05) is 18.1 Å². The van der Waals surface area contributed by atoms with Crippen molar-refractivity contribution in [3.05, 3.63) is 27.3 Å². The van der Waals surface area contributed by atoms with Crippen LogP contribution >= 0.6 is 22.6 Å². The second kappa shape index (κ2) is 5.91. The molecule has 2 rings (SSSR count). The van der Waals surface area contributed by atoms with Crippen LogP contribution in [0, 0.1) is 3.57 Å². The molecule has 1 aromatic carbocycles. The molecule has 0 radical (unpaired) electrons. The molecule has 1 aliphatic rings. The smallest absolute Gasteiger partial charge is 0.338 e. The summed E-state index contributed by atoms with van der Waals surface area (Å²) in [4.78, 5) is 14.1. The highest BCUT2D eigenvalue weighted by molar-refractivity contribution is 14.1. The van der Waals surface area contributed by atoms with E-state index < -0.39 is 0 Å². The first-order valence-corrected chi connectivity index (χ1v) is 7.44. The van der Waals surface area contributed by atoms with E-state index in [-0.39, 0.29) is 5.97 Å². The van der Waals surface area contributed by atoms with Crippen LogP contribution in [0.2, 0.25) is 0 Å². The number of nitrogens with zero attached hydrogens (tertiary/aromatic N) is 1. The quantitative estimate of drug-likeness (QED) is 0.612. The van der Waals surface area contributed by atoms with Crippen LogP contribution in [0.3, 0.4) is 0 Å². The van der Waals surface area contributed by atoms with E-state index in [9.17, 15) is 4.79 Å². The maximum absolute atomic E-state index is 11.7. The van der Waals surface area contributed by atoms with Crippen molar-refractivity contribution >= 4 is 34.2 Å². The average molecular weight is 359 g/mol. The molecule has 1 fully saturated rings. The maximum atomic E-state index is 11.7. The van der Waals surface area contributed by atoms with Gasteiger partial charge in [-0.15, -0.1) is 0 Å². The minimum atomic E-state index is -0.239. The van der Waals surface area contributed by atoms with Gasteiger partial charge in [-0.1, -0.05) is 0 Å². The van der Waals surface area contributed by atoms with E-state index in [1.165, 1.54) is 18.5 Å². The summed E-state index contributed by atoms with van der Waals surface area (Å²) >= 11 is 2.30. The lowest BCUT2D eigenvalue weighted by Gasteiger charge is -2.25. The predicted octanol–water partition coefficient (Wildman–Crippen LogP) is 3.46. The highest BCUT2D eigenvalue weighted by Crippen LogP contribution is 2.30. The van der Waals surface area contributed by atoms with Crippen molar-refractivity contribution in [1.82, 2.24) is 0 Å². The van der Waals surface area contributed by atoms with Gasteiger partial charge in [0.05, 0.1) is 17.9 Å². The van der Waals surface area contributed by atoms with Crippen LogP contribution in [0.15, 0.2) is 18.2 Å². The minimum absolute atomic E-state index is 0.239. The molecule has 0 aromatic heterocycles. The topological polar surface area (TPSA) is 29.5 Å². The van der Waals surface area contributed by atoms with Gasteiger partial charge in [-0.3, -0.25) is 0 Å². The molecule has 1 atom stereocenters. The van der Waals surface area contributed by atoms with Crippen LogP contribution in [0.1, 0.15) is 37.0 Å². The molecule has 1 heterocycles. The molecular formula is C14H18INO2. The number of halogens is 1. The molecule has 1 unspecified atom stereocenters. The van der Waals surface area contributed by atoms with Crippen molar-refractivity contribution in [2.45, 2.75) is 32.7 Å². The number of ether oxygens (including phenoxy) is 1. The lowest BCUT2D eigenvalue weighted by atomic mass is 10.2. The summed E-state index contributed by atoms with van der Waals surface area (Å²) in [5.74, 6) is -0.239. The van der Waals surface area contributed by atoms with Crippen LogP contribution in [0.4, 0.5) is 5.69 Å². The second-order valence-electron chi connectivity index (χ2n) is 4.57. The predicted molar refractivity (Wildman–Crippen MR) is 81.2 cm³/mol. The van der Waals surface area contributed by atoms with Crippen LogP contribution in [0.5, 0.6) is 0 Å². The van der Waals surface area contributed by atoms with Crippen molar-refractivity contribution in [2.24, 2.45) is 0 Å². The average Bonchev–Trinajstić information content (AvgIpc) is 2.75. The summed E-state index contributed by atoms with van der Waals surface area (Å²) in [6, 6.07) is 6.40. The first-order valence-electron chi connectivity index (χ1n) is 6.36. The molecule has 18 heavy (non-hydrogen) atoms. The number of carbonyl (C=O) groups excluding carboxylic acids is 1. The van der Waals surface area contributed by atoms with Gasteiger partial charge < -0.3 is 9.64 Å². The monoisotopic (exact) mass is 359 g/mol. The van der Waals surface area contributed by atoms with E-state index in [2.05, 4.69) is 34.4 Å². The Balaban J connectivity index is 2.22. The Morgan fingerprint density at radius 1 is 1.56 bits per heavy atom. The summed E-state index contributed by atoms with van der Waals surface area (Å²) in [5, 5.41) is 0. The van der Waals surface area contributed by atoms with E-state index in [4.69, 9.17) is 4.74 Å². The fourth-order valence-electron chi connectivity index (χ4n) is 2.37. The fourth-order valence-corrected chi connectivity index (χ4v) is 3.20. The molecular weight excluding hydrogens is 341 g/mol. The molecule has 3 nitrogen and oxygen atoms in total. The van der Waals surface area contributed by atoms with Gasteiger partial charge in [0.15, 0.2) is 0 Å². The standard InChI is InChI=1S/C14H18INO2/c1-3-18-14(17)11-6-7-13(12(15)9-11)16-8-4-5-10(16)2/h6-7,9-10H,3-5,8H2,1-2H3. The van der Waals surface area contributed by atoms with Gasteiger partial charge >= 0.3 is 5.97 Å². The summed E-state index contributed by atoms with van der Waals surface area (Å²) in [5.41, 5.74) is 1.87. The largest absolute Gasteiger partial charge is 0.462 e. The normalized spacial score (nSPS) is 19.1. The van der Waals surface area contributed by atoms with Gasteiger partial charge in [-0.25, -0.2) is 4.79 Å². The first-order chi connectivity index (χ1) is 8.63. The zero-order chi connectivity index (χ0) is 13.1. The second-order valence-corrected chi connectivity index (χ2v) is 5.73. The Labute approximate surface area is 122 Å². The minimum Gasteiger partial charge on any atom is -0.462 e. The number of benzene rings is 1. The third-order valence-corrected chi connectivity index (χ3v) is 4.19. The van der Waals surface area contributed by atoms with Crippen molar-refractivity contribution in [3.8, 4) is 0 Å². The van der Waals surface area contributed by atoms with E-state index in [1.807, 2.05) is 25.1 Å². The number of esters is 1. The zero-order valence-electron chi connectivity index (χ0n) is 10.8. The van der Waals surface area contributed by atoms with Gasteiger partial charge in [-0.05, 0) is 67.5 Å². The number of hydrogen-bond donors (Lipinski definition) is 0. The van der Waals surface area contributed by atoms with E-state index in [1.54, 1.807) is 0 Å². The number of carbonyl (C=O) groups is 1. The Morgan fingerprint density at radius 3 is 2.89 bits per heavy atom. The summed E-state index contributed by atoms with van der Waals surface area (Å²) in [6.45, 7) is 5.60. The van der Waals surface area contributed by atoms with Crippen LogP contribution in [-0.4, -0.2) is 25.2 Å². The molecule has 98 valence electrons. The van der Waals surface area contributed by atoms with Crippen molar-refractivity contribution in [1.29, 1.82) is 0 Å². The van der Waals surface area contributed by atoms with Crippen molar-refractivity contribution in [3.63, 3.8) is 0 Å². The van der Waals surface area contributed by atoms with E-state index in [0.717, 1.165) is 10.1 Å². The molecule has 0 bridgehead atoms. The maximum Gasteiger partial charge on any atom is 0.338 e. The van der Waals surface area contributed by atoms with Gasteiger partial charge in [0.1, 0.15) is 0 Å². The Morgan fingerprint density at radius 2 is 2.33 bits per heavy atom. The molecule has 1 aromatic rings. The Hall–Kier alpha value is -0.780. The third kappa shape index (κ3) is 2.79. The lowest BCUT2D eigenvalue weighted by Crippen LogP contribution is -2.27. The van der Waals surface area contributed by atoms with Gasteiger partial charge in [-0.2, -0.15) is 0 Å². The molecule has 0 aliphatic carbocycles. The van der Waals surface area contributed by atoms with Crippen LogP contribution in [-0.2, 0) is 4.74 Å². The van der Waals surface area contributed by atoms with E-state index >= 15 is 0 Å². The summed E-state index contributed by atoms with van der Waals surface area (Å²) in [7, 11) is 0. The molecule has 0 N–H and O–H groups in total. The van der Waals surface area contributed by atoms with Gasteiger partial charge in [0.25, 0.3) is 0 Å². The molecule has 1 aliphatic heterocycles. The Kier molecular flexibility index (Phi) is 4.48. The molecule has 1 saturated heterocycles. The SMILES string of the molecule is CCOC(=O)c1ccc(N2CCCC2C)c(I)c1. The highest BCUT2D eigenvalue weighted by Gasteiger charge is 2.22. The molecule has 0 saturated carbocycles. The van der Waals surface area contributed by atoms with E-state index in [0.29, 0.717) is 18.2 Å². The molecule has 0 amide bonds. The molecule has 4 heteroatoms. The molecule has 0 spiro atoms. The first kappa shape index (κ1) is 13.6.